The molecule has 1 saturated heterocycles. The van der Waals surface area contributed by atoms with E-state index in [1.807, 2.05) is 11.4 Å². The minimum absolute atomic E-state index is 0.0904. The summed E-state index contributed by atoms with van der Waals surface area (Å²) in [5.74, 6) is 1.39. The van der Waals surface area contributed by atoms with Crippen LogP contribution in [0.25, 0.3) is 16.6 Å². The van der Waals surface area contributed by atoms with E-state index in [0.29, 0.717) is 35.1 Å². The molecule has 0 saturated carbocycles. The van der Waals surface area contributed by atoms with Crippen molar-refractivity contribution >= 4 is 23.1 Å². The molecular formula is C18H22N8OS. The highest BCUT2D eigenvalue weighted by atomic mass is 32.1. The Bertz CT molecular complexity index is 859. The molecule has 10 heteroatoms. The molecule has 0 aliphatic carbocycles. The number of likely N-dealkylation sites (tertiary alicyclic amines) is 1. The van der Waals surface area contributed by atoms with Crippen molar-refractivity contribution in [2.75, 3.05) is 31.5 Å². The molecule has 1 aliphatic rings. The quantitative estimate of drug-likeness (QED) is 0.620. The van der Waals surface area contributed by atoms with E-state index < -0.39 is 0 Å². The van der Waals surface area contributed by atoms with Crippen LogP contribution in [0.4, 0.5) is 5.82 Å². The lowest BCUT2D eigenvalue weighted by Crippen LogP contribution is -2.36. The Morgan fingerprint density at radius 2 is 2.29 bits per heavy atom. The van der Waals surface area contributed by atoms with Gasteiger partial charge in [0.2, 0.25) is 5.91 Å². The molecule has 1 fully saturated rings. The van der Waals surface area contributed by atoms with E-state index in [1.165, 1.54) is 11.3 Å². The minimum Gasteiger partial charge on any atom is -0.313 e. The van der Waals surface area contributed by atoms with Gasteiger partial charge in [-0.05, 0) is 19.0 Å². The van der Waals surface area contributed by atoms with Crippen LogP contribution in [-0.4, -0.2) is 67.8 Å². The SMILES string of the molecule is CCNC1CCN(CC(=O)Nc2cc(-n3cccn3)nc(-c3nccs3)n2)C1. The van der Waals surface area contributed by atoms with Crippen molar-refractivity contribution in [2.24, 2.45) is 0 Å². The first-order valence-electron chi connectivity index (χ1n) is 9.26. The monoisotopic (exact) mass is 398 g/mol. The maximum Gasteiger partial charge on any atom is 0.239 e. The summed E-state index contributed by atoms with van der Waals surface area (Å²) in [7, 11) is 0. The van der Waals surface area contributed by atoms with Crippen LogP contribution in [0.3, 0.4) is 0 Å². The third-order valence-electron chi connectivity index (χ3n) is 4.48. The second-order valence-corrected chi connectivity index (χ2v) is 7.44. The summed E-state index contributed by atoms with van der Waals surface area (Å²) >= 11 is 1.45. The lowest BCUT2D eigenvalue weighted by atomic mass is 10.3. The third kappa shape index (κ3) is 4.41. The lowest BCUT2D eigenvalue weighted by Gasteiger charge is -2.16. The Kier molecular flexibility index (Phi) is 5.70. The van der Waals surface area contributed by atoms with E-state index in [2.05, 4.69) is 42.5 Å². The zero-order valence-electron chi connectivity index (χ0n) is 15.6. The number of anilines is 1. The van der Waals surface area contributed by atoms with Crippen LogP contribution in [0.15, 0.2) is 36.1 Å². The van der Waals surface area contributed by atoms with Crippen molar-refractivity contribution in [1.82, 2.24) is 34.9 Å². The summed E-state index contributed by atoms with van der Waals surface area (Å²) in [6.07, 6.45) is 6.24. The number of carbonyl (C=O) groups is 1. The number of hydrogen-bond acceptors (Lipinski definition) is 8. The molecule has 0 bridgehead atoms. The molecule has 3 aromatic heterocycles. The molecule has 1 amide bonds. The topological polar surface area (TPSA) is 101 Å². The first-order chi connectivity index (χ1) is 13.7. The summed E-state index contributed by atoms with van der Waals surface area (Å²) in [4.78, 5) is 28.0. The lowest BCUT2D eigenvalue weighted by molar-refractivity contribution is -0.117. The van der Waals surface area contributed by atoms with Crippen molar-refractivity contribution in [3.8, 4) is 16.6 Å². The maximum absolute atomic E-state index is 12.6. The van der Waals surface area contributed by atoms with Crippen LogP contribution in [0.1, 0.15) is 13.3 Å². The Morgan fingerprint density at radius 3 is 3.04 bits per heavy atom. The molecule has 3 aromatic rings. The fourth-order valence-electron chi connectivity index (χ4n) is 3.27. The molecular weight excluding hydrogens is 376 g/mol. The Balaban J connectivity index is 1.50. The second-order valence-electron chi connectivity index (χ2n) is 6.55. The van der Waals surface area contributed by atoms with E-state index in [4.69, 9.17) is 0 Å². The van der Waals surface area contributed by atoms with Gasteiger partial charge in [-0.3, -0.25) is 9.69 Å². The van der Waals surface area contributed by atoms with Crippen LogP contribution < -0.4 is 10.6 Å². The minimum atomic E-state index is -0.0904. The van der Waals surface area contributed by atoms with Gasteiger partial charge in [-0.25, -0.2) is 19.6 Å². The van der Waals surface area contributed by atoms with Gasteiger partial charge in [0.15, 0.2) is 16.6 Å². The average Bonchev–Trinajstić information content (AvgIpc) is 3.45. The zero-order valence-corrected chi connectivity index (χ0v) is 16.4. The molecule has 4 rings (SSSR count). The number of nitrogens with zero attached hydrogens (tertiary/aromatic N) is 6. The fraction of sp³-hybridized carbons (Fsp3) is 0.389. The second kappa shape index (κ2) is 8.55. The first-order valence-corrected chi connectivity index (χ1v) is 10.1. The number of thiazole rings is 1. The predicted molar refractivity (Wildman–Crippen MR) is 107 cm³/mol. The van der Waals surface area contributed by atoms with Crippen LogP contribution in [0.2, 0.25) is 0 Å². The number of likely N-dealkylation sites (N-methyl/N-ethyl adjacent to an activating group) is 1. The van der Waals surface area contributed by atoms with Crippen molar-refractivity contribution < 1.29 is 4.79 Å². The number of rotatable bonds is 7. The highest BCUT2D eigenvalue weighted by Gasteiger charge is 2.23. The number of amides is 1. The molecule has 1 aliphatic heterocycles. The molecule has 0 aromatic carbocycles. The van der Waals surface area contributed by atoms with Crippen molar-refractivity contribution in [1.29, 1.82) is 0 Å². The van der Waals surface area contributed by atoms with Gasteiger partial charge in [0.25, 0.3) is 0 Å². The van der Waals surface area contributed by atoms with E-state index in [1.54, 1.807) is 29.3 Å². The van der Waals surface area contributed by atoms with Crippen LogP contribution in [0, 0.1) is 0 Å². The van der Waals surface area contributed by atoms with Crippen molar-refractivity contribution in [2.45, 2.75) is 19.4 Å². The summed E-state index contributed by atoms with van der Waals surface area (Å²) in [5, 5.41) is 13.1. The summed E-state index contributed by atoms with van der Waals surface area (Å²) in [6.45, 7) is 5.18. The van der Waals surface area contributed by atoms with Crippen LogP contribution >= 0.6 is 11.3 Å². The number of nitrogens with one attached hydrogen (secondary N) is 2. The van der Waals surface area contributed by atoms with Crippen LogP contribution in [0.5, 0.6) is 0 Å². The van der Waals surface area contributed by atoms with E-state index in [0.717, 1.165) is 26.1 Å². The molecule has 4 heterocycles. The molecule has 9 nitrogen and oxygen atoms in total. The maximum atomic E-state index is 12.6. The van der Waals surface area contributed by atoms with Crippen molar-refractivity contribution in [3.05, 3.63) is 36.1 Å². The number of aromatic nitrogens is 5. The Labute approximate surface area is 166 Å². The highest BCUT2D eigenvalue weighted by molar-refractivity contribution is 7.13. The molecule has 2 N–H and O–H groups in total. The normalized spacial score (nSPS) is 17.1. The van der Waals surface area contributed by atoms with E-state index in [9.17, 15) is 4.79 Å². The van der Waals surface area contributed by atoms with Crippen molar-refractivity contribution in [3.63, 3.8) is 0 Å². The molecule has 1 unspecified atom stereocenters. The smallest absolute Gasteiger partial charge is 0.239 e. The molecule has 28 heavy (non-hydrogen) atoms. The summed E-state index contributed by atoms with van der Waals surface area (Å²) in [5.41, 5.74) is 0. The van der Waals surface area contributed by atoms with Gasteiger partial charge >= 0.3 is 0 Å². The van der Waals surface area contributed by atoms with E-state index in [-0.39, 0.29) is 5.91 Å². The molecule has 1 atom stereocenters. The van der Waals surface area contributed by atoms with Gasteiger partial charge in [0, 0.05) is 49.2 Å². The molecule has 0 radical (unpaired) electrons. The number of hydrogen-bond donors (Lipinski definition) is 2. The van der Waals surface area contributed by atoms with Gasteiger partial charge in [-0.2, -0.15) is 5.10 Å². The number of carbonyl (C=O) groups excluding carboxylic acids is 1. The predicted octanol–water partition coefficient (Wildman–Crippen LogP) is 1.41. The zero-order chi connectivity index (χ0) is 19.3. The van der Waals surface area contributed by atoms with Crippen LogP contribution in [-0.2, 0) is 4.79 Å². The molecule has 0 spiro atoms. The Hall–Kier alpha value is -2.69. The largest absolute Gasteiger partial charge is 0.313 e. The molecule has 146 valence electrons. The highest BCUT2D eigenvalue weighted by Crippen LogP contribution is 2.21. The summed E-state index contributed by atoms with van der Waals surface area (Å²) < 4.78 is 1.63. The van der Waals surface area contributed by atoms with E-state index >= 15 is 0 Å². The van der Waals surface area contributed by atoms with Gasteiger partial charge in [0.1, 0.15) is 5.82 Å². The standard InChI is InChI=1S/C18H22N8OS/c1-2-19-13-4-8-25(11-13)12-16(27)22-14-10-15(26-7-3-5-21-26)24-17(23-14)18-20-6-9-28-18/h3,5-7,9-10,13,19H,2,4,8,11-12H2,1H3,(H,22,23,24,27). The van der Waals surface area contributed by atoms with Gasteiger partial charge in [-0.1, -0.05) is 6.92 Å². The average molecular weight is 398 g/mol. The fourth-order valence-corrected chi connectivity index (χ4v) is 3.84. The van der Waals surface area contributed by atoms with Gasteiger partial charge in [-0.15, -0.1) is 11.3 Å². The Morgan fingerprint density at radius 1 is 1.36 bits per heavy atom. The van der Waals surface area contributed by atoms with Gasteiger partial charge in [0.05, 0.1) is 6.54 Å². The first kappa shape index (κ1) is 18.7. The summed E-state index contributed by atoms with van der Waals surface area (Å²) in [6, 6.07) is 3.99. The third-order valence-corrected chi connectivity index (χ3v) is 5.24. The van der Waals surface area contributed by atoms with Gasteiger partial charge < -0.3 is 10.6 Å².